The molecule has 0 fully saturated rings. The second-order valence-electron chi connectivity index (χ2n) is 2.92. The van der Waals surface area contributed by atoms with Gasteiger partial charge in [0.05, 0.1) is 5.88 Å². The molecule has 5 heteroatoms. The summed E-state index contributed by atoms with van der Waals surface area (Å²) in [4.78, 5) is 0. The van der Waals surface area contributed by atoms with Crippen LogP contribution >= 0.6 is 27.5 Å². The molecule has 0 saturated heterocycles. The van der Waals surface area contributed by atoms with Gasteiger partial charge in [-0.3, -0.25) is 0 Å². The third-order valence-corrected chi connectivity index (χ3v) is 2.88. The number of hydrogen-bond donors (Lipinski definition) is 0. The van der Waals surface area contributed by atoms with Crippen molar-refractivity contribution in [3.05, 3.63) is 40.3 Å². The van der Waals surface area contributed by atoms with Gasteiger partial charge in [0.15, 0.2) is 0 Å². The second kappa shape index (κ2) is 4.33. The number of rotatable bonds is 2. The van der Waals surface area contributed by atoms with Crippen LogP contribution < -0.4 is 0 Å². The van der Waals surface area contributed by atoms with Crippen LogP contribution in [0.15, 0.2) is 33.5 Å². The fourth-order valence-electron chi connectivity index (χ4n) is 1.24. The Hall–Kier alpha value is -0.870. The lowest BCUT2D eigenvalue weighted by atomic mass is 10.1. The first-order chi connectivity index (χ1) is 7.22. The summed E-state index contributed by atoms with van der Waals surface area (Å²) < 4.78 is 18.2. The van der Waals surface area contributed by atoms with Crippen molar-refractivity contribution in [3.8, 4) is 11.3 Å². The first-order valence-corrected chi connectivity index (χ1v) is 5.51. The Labute approximate surface area is 99.2 Å². The van der Waals surface area contributed by atoms with Crippen LogP contribution in [0.1, 0.15) is 5.56 Å². The molecular formula is C10H6BrClFNO. The quantitative estimate of drug-likeness (QED) is 0.782. The molecule has 0 unspecified atom stereocenters. The van der Waals surface area contributed by atoms with E-state index < -0.39 is 0 Å². The molecule has 1 aromatic carbocycles. The van der Waals surface area contributed by atoms with E-state index >= 15 is 0 Å². The molecule has 2 nitrogen and oxygen atoms in total. The van der Waals surface area contributed by atoms with E-state index in [0.717, 1.165) is 11.1 Å². The molecule has 0 spiro atoms. The molecule has 15 heavy (non-hydrogen) atoms. The van der Waals surface area contributed by atoms with Crippen LogP contribution in [0, 0.1) is 5.82 Å². The fraction of sp³-hybridized carbons (Fsp3) is 0.100. The van der Waals surface area contributed by atoms with Gasteiger partial charge in [-0.15, -0.1) is 11.6 Å². The average molecular weight is 291 g/mol. The van der Waals surface area contributed by atoms with Gasteiger partial charge in [0.2, 0.25) is 4.67 Å². The summed E-state index contributed by atoms with van der Waals surface area (Å²) in [7, 11) is 0. The smallest absolute Gasteiger partial charge is 0.206 e. The van der Waals surface area contributed by atoms with Gasteiger partial charge in [-0.05, 0) is 40.2 Å². The summed E-state index contributed by atoms with van der Waals surface area (Å²) >= 11 is 8.96. The Morgan fingerprint density at radius 3 is 2.60 bits per heavy atom. The lowest BCUT2D eigenvalue weighted by Gasteiger charge is -1.97. The maximum absolute atomic E-state index is 12.7. The zero-order valence-corrected chi connectivity index (χ0v) is 9.85. The number of nitrogens with zero attached hydrogens (tertiary/aromatic N) is 1. The minimum Gasteiger partial charge on any atom is -0.348 e. The number of alkyl halides is 1. The van der Waals surface area contributed by atoms with Crippen molar-refractivity contribution in [1.82, 2.24) is 5.16 Å². The van der Waals surface area contributed by atoms with Gasteiger partial charge in [0.1, 0.15) is 11.5 Å². The van der Waals surface area contributed by atoms with Gasteiger partial charge >= 0.3 is 0 Å². The standard InChI is InChI=1S/C10H6BrClFNO/c11-10-8(5-12)9(14-15-10)6-1-3-7(13)4-2-6/h1-4H,5H2. The Morgan fingerprint density at radius 2 is 2.00 bits per heavy atom. The third-order valence-electron chi connectivity index (χ3n) is 1.99. The molecule has 0 bridgehead atoms. The van der Waals surface area contributed by atoms with Crippen molar-refractivity contribution in [3.63, 3.8) is 0 Å². The van der Waals surface area contributed by atoms with Crippen LogP contribution in [0.3, 0.4) is 0 Å². The summed E-state index contributed by atoms with van der Waals surface area (Å²) in [5.74, 6) is 0.00491. The number of aromatic nitrogens is 1. The van der Waals surface area contributed by atoms with Gasteiger partial charge in [-0.1, -0.05) is 5.16 Å². The van der Waals surface area contributed by atoms with Gasteiger partial charge in [-0.25, -0.2) is 4.39 Å². The molecule has 0 amide bonds. The van der Waals surface area contributed by atoms with Crippen molar-refractivity contribution < 1.29 is 8.91 Å². The Balaban J connectivity index is 2.49. The Bertz CT molecular complexity index is 469. The van der Waals surface area contributed by atoms with Crippen LogP contribution in [0.2, 0.25) is 0 Å². The number of halogens is 3. The lowest BCUT2D eigenvalue weighted by Crippen LogP contribution is -1.84. The maximum atomic E-state index is 12.7. The van der Waals surface area contributed by atoms with Crippen molar-refractivity contribution in [1.29, 1.82) is 0 Å². The largest absolute Gasteiger partial charge is 0.348 e. The van der Waals surface area contributed by atoms with E-state index in [1.165, 1.54) is 12.1 Å². The molecule has 0 saturated carbocycles. The van der Waals surface area contributed by atoms with E-state index in [9.17, 15) is 4.39 Å². The molecule has 78 valence electrons. The van der Waals surface area contributed by atoms with Crippen LogP contribution in [-0.2, 0) is 5.88 Å². The molecule has 1 aromatic heterocycles. The predicted octanol–water partition coefficient (Wildman–Crippen LogP) is 3.98. The highest BCUT2D eigenvalue weighted by Crippen LogP contribution is 2.30. The second-order valence-corrected chi connectivity index (χ2v) is 3.91. The van der Waals surface area contributed by atoms with Crippen molar-refractivity contribution in [2.45, 2.75) is 5.88 Å². The van der Waals surface area contributed by atoms with Crippen molar-refractivity contribution >= 4 is 27.5 Å². The van der Waals surface area contributed by atoms with Crippen LogP contribution in [-0.4, -0.2) is 5.16 Å². The van der Waals surface area contributed by atoms with E-state index in [1.807, 2.05) is 0 Å². The third kappa shape index (κ3) is 2.06. The van der Waals surface area contributed by atoms with Crippen LogP contribution in [0.4, 0.5) is 4.39 Å². The lowest BCUT2D eigenvalue weighted by molar-refractivity contribution is 0.401. The SMILES string of the molecule is Fc1ccc(-c2noc(Br)c2CCl)cc1. The minimum absolute atomic E-state index is 0.284. The highest BCUT2D eigenvalue weighted by Gasteiger charge is 2.14. The topological polar surface area (TPSA) is 26.0 Å². The van der Waals surface area contributed by atoms with E-state index in [-0.39, 0.29) is 11.7 Å². The molecule has 2 aromatic rings. The van der Waals surface area contributed by atoms with Crippen LogP contribution in [0.25, 0.3) is 11.3 Å². The maximum Gasteiger partial charge on any atom is 0.206 e. The monoisotopic (exact) mass is 289 g/mol. The average Bonchev–Trinajstić information content (AvgIpc) is 2.61. The van der Waals surface area contributed by atoms with Crippen LogP contribution in [0.5, 0.6) is 0 Å². The Morgan fingerprint density at radius 1 is 1.33 bits per heavy atom. The number of hydrogen-bond acceptors (Lipinski definition) is 2. The molecule has 0 aliphatic carbocycles. The van der Waals surface area contributed by atoms with E-state index in [0.29, 0.717) is 10.4 Å². The van der Waals surface area contributed by atoms with Crippen molar-refractivity contribution in [2.75, 3.05) is 0 Å². The van der Waals surface area contributed by atoms with E-state index in [2.05, 4.69) is 21.1 Å². The minimum atomic E-state index is -0.284. The normalized spacial score (nSPS) is 10.6. The summed E-state index contributed by atoms with van der Waals surface area (Å²) in [6.07, 6.45) is 0. The van der Waals surface area contributed by atoms with Gasteiger partial charge in [0, 0.05) is 11.1 Å². The summed E-state index contributed by atoms with van der Waals surface area (Å²) in [6.45, 7) is 0. The van der Waals surface area contributed by atoms with E-state index in [4.69, 9.17) is 16.1 Å². The molecule has 0 aliphatic heterocycles. The summed E-state index contributed by atoms with van der Waals surface area (Å²) in [5.41, 5.74) is 2.18. The Kier molecular flexibility index (Phi) is 3.07. The molecule has 1 heterocycles. The van der Waals surface area contributed by atoms with Gasteiger partial charge < -0.3 is 4.52 Å². The molecule has 0 radical (unpaired) electrons. The predicted molar refractivity (Wildman–Crippen MR) is 59.2 cm³/mol. The zero-order chi connectivity index (χ0) is 10.8. The number of benzene rings is 1. The highest BCUT2D eigenvalue weighted by atomic mass is 79.9. The molecule has 0 atom stereocenters. The summed E-state index contributed by atoms with van der Waals surface area (Å²) in [5, 5.41) is 3.86. The first-order valence-electron chi connectivity index (χ1n) is 4.18. The molecule has 0 N–H and O–H groups in total. The molecule has 2 rings (SSSR count). The van der Waals surface area contributed by atoms with E-state index in [1.54, 1.807) is 12.1 Å². The highest BCUT2D eigenvalue weighted by molar-refractivity contribution is 9.10. The first kappa shape index (κ1) is 10.6. The van der Waals surface area contributed by atoms with Gasteiger partial charge in [-0.2, -0.15) is 0 Å². The summed E-state index contributed by atoms with van der Waals surface area (Å²) in [6, 6.07) is 6.01. The molecule has 0 aliphatic rings. The zero-order valence-electron chi connectivity index (χ0n) is 7.51. The fourth-order valence-corrected chi connectivity index (χ4v) is 2.05. The van der Waals surface area contributed by atoms with Gasteiger partial charge in [0.25, 0.3) is 0 Å². The van der Waals surface area contributed by atoms with Crippen molar-refractivity contribution in [2.24, 2.45) is 0 Å². The molecular weight excluding hydrogens is 284 g/mol.